The van der Waals surface area contributed by atoms with E-state index < -0.39 is 12.1 Å². The first kappa shape index (κ1) is 14.6. The van der Waals surface area contributed by atoms with Gasteiger partial charge in [0.05, 0.1) is 24.2 Å². The number of hydrogen-bond acceptors (Lipinski definition) is 3. The third-order valence-corrected chi connectivity index (χ3v) is 4.20. The summed E-state index contributed by atoms with van der Waals surface area (Å²) in [4.78, 5) is 28.6. The molecule has 6 heteroatoms. The molecule has 0 unspecified atom stereocenters. The molecule has 1 aliphatic rings. The third kappa shape index (κ3) is 2.35. The number of aryl methyl sites for hydroxylation is 2. The zero-order chi connectivity index (χ0) is 15.9. The second kappa shape index (κ2) is 5.46. The fourth-order valence-corrected chi connectivity index (χ4v) is 2.81. The standard InChI is InChI=1S/C16H18N2O4/c1-9-10(2)17-14-11(9)4-3-5-12(14)15(19)18-6-7-22-13(8-18)16(20)21/h3-5,13,17H,6-8H2,1-2H3,(H,20,21)/t13-/m1/s1. The number of para-hydroxylation sites is 1. The largest absolute Gasteiger partial charge is 0.479 e. The number of fused-ring (bicyclic) bond motifs is 1. The van der Waals surface area contributed by atoms with Crippen molar-refractivity contribution in [3.8, 4) is 0 Å². The minimum atomic E-state index is -1.04. The Morgan fingerprint density at radius 1 is 1.36 bits per heavy atom. The molecule has 1 atom stereocenters. The highest BCUT2D eigenvalue weighted by Gasteiger charge is 2.30. The van der Waals surface area contributed by atoms with E-state index >= 15 is 0 Å². The second-order valence-electron chi connectivity index (χ2n) is 5.55. The van der Waals surface area contributed by atoms with Gasteiger partial charge in [0.25, 0.3) is 5.91 Å². The number of nitrogens with zero attached hydrogens (tertiary/aromatic N) is 1. The fourth-order valence-electron chi connectivity index (χ4n) is 2.81. The highest BCUT2D eigenvalue weighted by Crippen LogP contribution is 2.25. The van der Waals surface area contributed by atoms with Gasteiger partial charge in [0, 0.05) is 17.6 Å². The predicted molar refractivity (Wildman–Crippen MR) is 81.1 cm³/mol. The van der Waals surface area contributed by atoms with Crippen LogP contribution in [0, 0.1) is 13.8 Å². The number of aliphatic carboxylic acids is 1. The van der Waals surface area contributed by atoms with E-state index in [4.69, 9.17) is 9.84 Å². The number of carboxylic acid groups (broad SMARTS) is 1. The van der Waals surface area contributed by atoms with Crippen molar-refractivity contribution in [2.45, 2.75) is 20.0 Å². The molecule has 3 rings (SSSR count). The number of nitrogens with one attached hydrogen (secondary N) is 1. The van der Waals surface area contributed by atoms with E-state index in [0.717, 1.165) is 22.2 Å². The highest BCUT2D eigenvalue weighted by molar-refractivity contribution is 6.06. The van der Waals surface area contributed by atoms with Crippen LogP contribution in [0.15, 0.2) is 18.2 Å². The smallest absolute Gasteiger partial charge is 0.334 e. The molecule has 0 bridgehead atoms. The molecule has 1 aromatic heterocycles. The van der Waals surface area contributed by atoms with Gasteiger partial charge in [-0.2, -0.15) is 0 Å². The summed E-state index contributed by atoms with van der Waals surface area (Å²) in [5.74, 6) is -1.20. The second-order valence-corrected chi connectivity index (χ2v) is 5.55. The van der Waals surface area contributed by atoms with Crippen LogP contribution in [0.2, 0.25) is 0 Å². The molecule has 0 aliphatic carbocycles. The topological polar surface area (TPSA) is 82.6 Å². The Morgan fingerprint density at radius 3 is 2.86 bits per heavy atom. The van der Waals surface area contributed by atoms with Crippen LogP contribution < -0.4 is 0 Å². The van der Waals surface area contributed by atoms with Gasteiger partial charge in [0.15, 0.2) is 6.10 Å². The molecule has 1 fully saturated rings. The van der Waals surface area contributed by atoms with E-state index in [0.29, 0.717) is 12.1 Å². The maximum Gasteiger partial charge on any atom is 0.334 e. The molecule has 0 saturated carbocycles. The molecule has 1 saturated heterocycles. The number of carbonyl (C=O) groups excluding carboxylic acids is 1. The number of morpholine rings is 1. The summed E-state index contributed by atoms with van der Waals surface area (Å²) in [7, 11) is 0. The van der Waals surface area contributed by atoms with Crippen molar-refractivity contribution in [3.05, 3.63) is 35.0 Å². The van der Waals surface area contributed by atoms with Gasteiger partial charge in [-0.05, 0) is 25.5 Å². The Morgan fingerprint density at radius 2 is 2.14 bits per heavy atom. The average Bonchev–Trinajstić information content (AvgIpc) is 2.82. The number of aromatic nitrogens is 1. The van der Waals surface area contributed by atoms with Crippen molar-refractivity contribution < 1.29 is 19.4 Å². The number of H-pyrrole nitrogens is 1. The zero-order valence-electron chi connectivity index (χ0n) is 12.5. The van der Waals surface area contributed by atoms with Crippen LogP contribution in [0.25, 0.3) is 10.9 Å². The first-order valence-electron chi connectivity index (χ1n) is 7.20. The summed E-state index contributed by atoms with van der Waals surface area (Å²) in [5.41, 5.74) is 3.52. The van der Waals surface area contributed by atoms with Gasteiger partial charge in [0.2, 0.25) is 0 Å². The quantitative estimate of drug-likeness (QED) is 0.884. The highest BCUT2D eigenvalue weighted by atomic mass is 16.5. The monoisotopic (exact) mass is 302 g/mol. The number of amides is 1. The van der Waals surface area contributed by atoms with E-state index in [9.17, 15) is 9.59 Å². The third-order valence-electron chi connectivity index (χ3n) is 4.20. The maximum absolute atomic E-state index is 12.8. The molecule has 1 aliphatic heterocycles. The van der Waals surface area contributed by atoms with E-state index in [1.165, 1.54) is 0 Å². The van der Waals surface area contributed by atoms with Gasteiger partial charge in [-0.15, -0.1) is 0 Å². The van der Waals surface area contributed by atoms with Crippen molar-refractivity contribution in [2.24, 2.45) is 0 Å². The Balaban J connectivity index is 1.95. The summed E-state index contributed by atoms with van der Waals surface area (Å²) in [5, 5.41) is 10.1. The fraction of sp³-hybridized carbons (Fsp3) is 0.375. The Hall–Kier alpha value is -2.34. The molecule has 22 heavy (non-hydrogen) atoms. The SMILES string of the molecule is Cc1[nH]c2c(C(=O)N3CCO[C@@H](C(=O)O)C3)cccc2c1C. The summed E-state index contributed by atoms with van der Waals surface area (Å²) in [6.45, 7) is 4.69. The number of rotatable bonds is 2. The van der Waals surface area contributed by atoms with Crippen LogP contribution in [0.4, 0.5) is 0 Å². The number of aromatic amines is 1. The zero-order valence-corrected chi connectivity index (χ0v) is 12.5. The lowest BCUT2D eigenvalue weighted by molar-refractivity contribution is -0.154. The molecule has 0 radical (unpaired) electrons. The minimum Gasteiger partial charge on any atom is -0.479 e. The predicted octanol–water partition coefficient (Wildman–Crippen LogP) is 1.71. The normalized spacial score (nSPS) is 18.6. The van der Waals surface area contributed by atoms with E-state index in [1.807, 2.05) is 26.0 Å². The molecule has 2 N–H and O–H groups in total. The van der Waals surface area contributed by atoms with E-state index in [-0.39, 0.29) is 19.1 Å². The number of ether oxygens (including phenoxy) is 1. The van der Waals surface area contributed by atoms with Crippen LogP contribution >= 0.6 is 0 Å². The number of hydrogen-bond donors (Lipinski definition) is 2. The lowest BCUT2D eigenvalue weighted by Crippen LogP contribution is -2.48. The number of carbonyl (C=O) groups is 2. The van der Waals surface area contributed by atoms with Gasteiger partial charge in [-0.3, -0.25) is 4.79 Å². The van der Waals surface area contributed by atoms with Crippen molar-refractivity contribution in [1.29, 1.82) is 0 Å². The van der Waals surface area contributed by atoms with Crippen molar-refractivity contribution in [1.82, 2.24) is 9.88 Å². The first-order valence-corrected chi connectivity index (χ1v) is 7.20. The van der Waals surface area contributed by atoms with Crippen molar-refractivity contribution >= 4 is 22.8 Å². The van der Waals surface area contributed by atoms with Crippen LogP contribution in [-0.4, -0.2) is 52.7 Å². The van der Waals surface area contributed by atoms with Gasteiger partial charge in [0.1, 0.15) is 0 Å². The van der Waals surface area contributed by atoms with Gasteiger partial charge >= 0.3 is 5.97 Å². The Bertz CT molecular complexity index is 750. The number of carboxylic acids is 1. The van der Waals surface area contributed by atoms with E-state index in [1.54, 1.807) is 11.0 Å². The lowest BCUT2D eigenvalue weighted by Gasteiger charge is -2.31. The van der Waals surface area contributed by atoms with Crippen LogP contribution in [-0.2, 0) is 9.53 Å². The molecule has 0 spiro atoms. The van der Waals surface area contributed by atoms with Crippen LogP contribution in [0.1, 0.15) is 21.6 Å². The summed E-state index contributed by atoms with van der Waals surface area (Å²) < 4.78 is 5.17. The van der Waals surface area contributed by atoms with Gasteiger partial charge < -0.3 is 19.7 Å². The van der Waals surface area contributed by atoms with Crippen molar-refractivity contribution in [2.75, 3.05) is 19.7 Å². The molecule has 2 heterocycles. The molecular weight excluding hydrogens is 284 g/mol. The molecule has 2 aromatic rings. The van der Waals surface area contributed by atoms with Gasteiger partial charge in [-0.25, -0.2) is 4.79 Å². The number of benzene rings is 1. The Kier molecular flexibility index (Phi) is 3.62. The average molecular weight is 302 g/mol. The Labute approximate surface area is 127 Å². The molecule has 6 nitrogen and oxygen atoms in total. The maximum atomic E-state index is 12.8. The van der Waals surface area contributed by atoms with Gasteiger partial charge in [-0.1, -0.05) is 12.1 Å². The minimum absolute atomic E-state index is 0.0726. The lowest BCUT2D eigenvalue weighted by atomic mass is 10.1. The van der Waals surface area contributed by atoms with Crippen LogP contribution in [0.5, 0.6) is 0 Å². The summed E-state index contributed by atoms with van der Waals surface area (Å²) >= 11 is 0. The molecule has 1 aromatic carbocycles. The summed E-state index contributed by atoms with van der Waals surface area (Å²) in [6, 6.07) is 5.60. The van der Waals surface area contributed by atoms with E-state index in [2.05, 4.69) is 4.98 Å². The van der Waals surface area contributed by atoms with Crippen LogP contribution in [0.3, 0.4) is 0 Å². The summed E-state index contributed by atoms with van der Waals surface area (Å²) in [6.07, 6.45) is -0.955. The molecule has 1 amide bonds. The first-order chi connectivity index (χ1) is 10.5. The molecule has 116 valence electrons. The molecular formula is C16H18N2O4. The van der Waals surface area contributed by atoms with Crippen molar-refractivity contribution in [3.63, 3.8) is 0 Å².